The lowest BCUT2D eigenvalue weighted by atomic mass is 10.3. The van der Waals surface area contributed by atoms with Crippen molar-refractivity contribution in [1.29, 1.82) is 0 Å². The molecule has 0 saturated carbocycles. The summed E-state index contributed by atoms with van der Waals surface area (Å²) in [5.74, 6) is 1.63. The van der Waals surface area contributed by atoms with Gasteiger partial charge < -0.3 is 9.88 Å². The van der Waals surface area contributed by atoms with E-state index in [1.807, 2.05) is 38.6 Å². The van der Waals surface area contributed by atoms with Gasteiger partial charge in [0, 0.05) is 26.0 Å². The van der Waals surface area contributed by atoms with Gasteiger partial charge in [0.25, 0.3) is 0 Å². The lowest BCUT2D eigenvalue weighted by Gasteiger charge is -2.11. The first-order valence-corrected chi connectivity index (χ1v) is 5.70. The van der Waals surface area contributed by atoms with E-state index in [9.17, 15) is 0 Å². The second-order valence-corrected chi connectivity index (χ2v) is 3.98. The Morgan fingerprint density at radius 1 is 1.24 bits per heavy atom. The van der Waals surface area contributed by atoms with Crippen LogP contribution in [0.4, 0.5) is 5.82 Å². The van der Waals surface area contributed by atoms with Crippen molar-refractivity contribution in [2.24, 2.45) is 7.05 Å². The molecule has 0 atom stereocenters. The Morgan fingerprint density at radius 2 is 1.94 bits per heavy atom. The Labute approximate surface area is 101 Å². The van der Waals surface area contributed by atoms with E-state index in [0.717, 1.165) is 35.3 Å². The first kappa shape index (κ1) is 11.6. The Kier molecular flexibility index (Phi) is 3.08. The van der Waals surface area contributed by atoms with Crippen LogP contribution in [0.5, 0.6) is 0 Å². The highest BCUT2D eigenvalue weighted by Gasteiger charge is 2.14. The van der Waals surface area contributed by atoms with Crippen molar-refractivity contribution < 1.29 is 0 Å². The zero-order valence-electron chi connectivity index (χ0n) is 10.7. The first-order chi connectivity index (χ1) is 8.13. The van der Waals surface area contributed by atoms with Crippen molar-refractivity contribution in [1.82, 2.24) is 19.5 Å². The second kappa shape index (κ2) is 4.53. The molecule has 0 aliphatic rings. The summed E-state index contributed by atoms with van der Waals surface area (Å²) in [6.45, 7) is 6.78. The van der Waals surface area contributed by atoms with Crippen molar-refractivity contribution in [3.63, 3.8) is 0 Å². The molecule has 90 valence electrons. The highest BCUT2D eigenvalue weighted by atomic mass is 15.1. The standard InChI is InChI=1S/C12H17N5/c1-5-13-11-10(12-14-6-7-17(12)4)15-8(2)9(3)16-11/h6-7H,5H2,1-4H3,(H,13,16). The fourth-order valence-electron chi connectivity index (χ4n) is 1.64. The maximum atomic E-state index is 4.59. The lowest BCUT2D eigenvalue weighted by molar-refractivity contribution is 0.907. The third-order valence-electron chi connectivity index (χ3n) is 2.68. The molecule has 1 N–H and O–H groups in total. The average molecular weight is 231 g/mol. The van der Waals surface area contributed by atoms with E-state index >= 15 is 0 Å². The van der Waals surface area contributed by atoms with Crippen LogP contribution in [0.2, 0.25) is 0 Å². The summed E-state index contributed by atoms with van der Waals surface area (Å²) in [7, 11) is 1.95. The van der Waals surface area contributed by atoms with E-state index in [0.29, 0.717) is 0 Å². The van der Waals surface area contributed by atoms with Crippen molar-refractivity contribution in [2.45, 2.75) is 20.8 Å². The molecule has 0 saturated heterocycles. The fourth-order valence-corrected chi connectivity index (χ4v) is 1.64. The van der Waals surface area contributed by atoms with E-state index in [1.165, 1.54) is 0 Å². The number of imidazole rings is 1. The van der Waals surface area contributed by atoms with E-state index in [1.54, 1.807) is 6.20 Å². The molecular weight excluding hydrogens is 214 g/mol. The molecule has 17 heavy (non-hydrogen) atoms. The van der Waals surface area contributed by atoms with Crippen LogP contribution in [0.3, 0.4) is 0 Å². The maximum absolute atomic E-state index is 4.59. The number of nitrogens with one attached hydrogen (secondary N) is 1. The molecular formula is C12H17N5. The van der Waals surface area contributed by atoms with E-state index in [-0.39, 0.29) is 0 Å². The van der Waals surface area contributed by atoms with Gasteiger partial charge in [-0.25, -0.2) is 15.0 Å². The van der Waals surface area contributed by atoms with Gasteiger partial charge in [-0.2, -0.15) is 0 Å². The second-order valence-electron chi connectivity index (χ2n) is 3.98. The van der Waals surface area contributed by atoms with Crippen LogP contribution in [0.25, 0.3) is 11.5 Å². The van der Waals surface area contributed by atoms with Crippen LogP contribution in [-0.4, -0.2) is 26.1 Å². The Hall–Kier alpha value is -1.91. The van der Waals surface area contributed by atoms with Gasteiger partial charge in [0.2, 0.25) is 0 Å². The summed E-state index contributed by atoms with van der Waals surface area (Å²) < 4.78 is 1.94. The van der Waals surface area contributed by atoms with Gasteiger partial charge in [0.15, 0.2) is 11.6 Å². The van der Waals surface area contributed by atoms with Crippen LogP contribution in [0.15, 0.2) is 12.4 Å². The number of anilines is 1. The van der Waals surface area contributed by atoms with Gasteiger partial charge in [-0.05, 0) is 20.8 Å². The Balaban J connectivity index is 2.59. The highest BCUT2D eigenvalue weighted by Crippen LogP contribution is 2.23. The van der Waals surface area contributed by atoms with Gasteiger partial charge >= 0.3 is 0 Å². The average Bonchev–Trinajstić information content (AvgIpc) is 2.70. The number of hydrogen-bond acceptors (Lipinski definition) is 4. The minimum Gasteiger partial charge on any atom is -0.368 e. The van der Waals surface area contributed by atoms with Crippen LogP contribution in [0, 0.1) is 13.8 Å². The van der Waals surface area contributed by atoms with Crippen molar-refractivity contribution in [3.05, 3.63) is 23.8 Å². The molecule has 0 aliphatic heterocycles. The number of aryl methyl sites for hydroxylation is 3. The molecule has 2 heterocycles. The third-order valence-corrected chi connectivity index (χ3v) is 2.68. The summed E-state index contributed by atoms with van der Waals surface area (Å²) in [5, 5.41) is 3.23. The molecule has 5 nitrogen and oxygen atoms in total. The van der Waals surface area contributed by atoms with Crippen LogP contribution >= 0.6 is 0 Å². The molecule has 0 bridgehead atoms. The summed E-state index contributed by atoms with van der Waals surface area (Å²) >= 11 is 0. The fraction of sp³-hybridized carbons (Fsp3) is 0.417. The maximum Gasteiger partial charge on any atom is 0.162 e. The summed E-state index contributed by atoms with van der Waals surface area (Å²) in [6.07, 6.45) is 3.67. The highest BCUT2D eigenvalue weighted by molar-refractivity contribution is 5.66. The zero-order valence-corrected chi connectivity index (χ0v) is 10.7. The molecule has 0 spiro atoms. The quantitative estimate of drug-likeness (QED) is 0.877. The monoisotopic (exact) mass is 231 g/mol. The molecule has 2 aromatic rings. The van der Waals surface area contributed by atoms with E-state index in [4.69, 9.17) is 0 Å². The van der Waals surface area contributed by atoms with Gasteiger partial charge in [0.1, 0.15) is 5.69 Å². The molecule has 0 aromatic carbocycles. The zero-order chi connectivity index (χ0) is 12.4. The smallest absolute Gasteiger partial charge is 0.162 e. The van der Waals surface area contributed by atoms with Gasteiger partial charge in [-0.1, -0.05) is 0 Å². The topological polar surface area (TPSA) is 55.6 Å². The van der Waals surface area contributed by atoms with Crippen LogP contribution in [-0.2, 0) is 7.05 Å². The third kappa shape index (κ3) is 2.13. The molecule has 5 heteroatoms. The van der Waals surface area contributed by atoms with Crippen LogP contribution in [0.1, 0.15) is 18.3 Å². The van der Waals surface area contributed by atoms with Gasteiger partial charge in [-0.3, -0.25) is 0 Å². The largest absolute Gasteiger partial charge is 0.368 e. The number of aromatic nitrogens is 4. The molecule has 0 radical (unpaired) electrons. The summed E-state index contributed by atoms with van der Waals surface area (Å²) in [4.78, 5) is 13.4. The molecule has 2 rings (SSSR count). The predicted molar refractivity (Wildman–Crippen MR) is 67.9 cm³/mol. The van der Waals surface area contributed by atoms with Crippen molar-refractivity contribution in [3.8, 4) is 11.5 Å². The normalized spacial score (nSPS) is 10.6. The van der Waals surface area contributed by atoms with Gasteiger partial charge in [0.05, 0.1) is 11.4 Å². The minimum absolute atomic E-state index is 0.796. The molecule has 0 aliphatic carbocycles. The molecule has 0 fully saturated rings. The SMILES string of the molecule is CCNc1nc(C)c(C)nc1-c1nccn1C. The first-order valence-electron chi connectivity index (χ1n) is 5.70. The molecule has 0 amide bonds. The minimum atomic E-state index is 0.796. The number of nitrogens with zero attached hydrogens (tertiary/aromatic N) is 4. The number of hydrogen-bond donors (Lipinski definition) is 1. The molecule has 2 aromatic heterocycles. The summed E-state index contributed by atoms with van der Waals surface area (Å²) in [6, 6.07) is 0. The van der Waals surface area contributed by atoms with Crippen molar-refractivity contribution in [2.75, 3.05) is 11.9 Å². The number of rotatable bonds is 3. The van der Waals surface area contributed by atoms with Crippen LogP contribution < -0.4 is 5.32 Å². The predicted octanol–water partition coefficient (Wildman–Crippen LogP) is 1.93. The van der Waals surface area contributed by atoms with Crippen molar-refractivity contribution >= 4 is 5.82 Å². The van der Waals surface area contributed by atoms with E-state index in [2.05, 4.69) is 20.3 Å². The Bertz CT molecular complexity index is 530. The van der Waals surface area contributed by atoms with E-state index < -0.39 is 0 Å². The molecule has 0 unspecified atom stereocenters. The summed E-state index contributed by atoms with van der Waals surface area (Å²) in [5.41, 5.74) is 2.69. The lowest BCUT2D eigenvalue weighted by Crippen LogP contribution is -2.08. The Morgan fingerprint density at radius 3 is 2.53 bits per heavy atom. The van der Waals surface area contributed by atoms with Gasteiger partial charge in [-0.15, -0.1) is 0 Å².